The van der Waals surface area contributed by atoms with Crippen LogP contribution in [-0.4, -0.2) is 75.2 Å². The van der Waals surface area contributed by atoms with Crippen LogP contribution < -0.4 is 10.6 Å². The lowest BCUT2D eigenvalue weighted by Crippen LogP contribution is -2.48. The van der Waals surface area contributed by atoms with Gasteiger partial charge in [0.1, 0.15) is 0 Å². The minimum absolute atomic E-state index is 0.612. The lowest BCUT2D eigenvalue weighted by atomic mass is 10.1. The highest BCUT2D eigenvalue weighted by Crippen LogP contribution is 2.05. The zero-order chi connectivity index (χ0) is 17.9. The molecule has 0 spiro atoms. The molecular formula is C20H35N5. The van der Waals surface area contributed by atoms with Crippen molar-refractivity contribution in [3.63, 3.8) is 0 Å². The van der Waals surface area contributed by atoms with Crippen molar-refractivity contribution in [2.75, 3.05) is 59.4 Å². The maximum atomic E-state index is 4.33. The Kier molecular flexibility index (Phi) is 8.77. The fourth-order valence-corrected chi connectivity index (χ4v) is 3.25. The molecule has 1 atom stereocenters. The number of rotatable bonds is 8. The molecule has 0 bridgehead atoms. The second-order valence-electron chi connectivity index (χ2n) is 6.96. The van der Waals surface area contributed by atoms with Crippen LogP contribution in [0.3, 0.4) is 0 Å². The van der Waals surface area contributed by atoms with Crippen molar-refractivity contribution in [3.05, 3.63) is 35.9 Å². The molecule has 5 nitrogen and oxygen atoms in total. The number of likely N-dealkylation sites (N-methyl/N-ethyl adjacent to an activating group) is 1. The molecule has 1 aromatic rings. The Balaban J connectivity index is 1.61. The third kappa shape index (κ3) is 7.45. The van der Waals surface area contributed by atoms with Crippen LogP contribution in [0.4, 0.5) is 0 Å². The highest BCUT2D eigenvalue weighted by molar-refractivity contribution is 5.79. The van der Waals surface area contributed by atoms with Gasteiger partial charge < -0.3 is 20.4 Å². The molecule has 1 saturated heterocycles. The van der Waals surface area contributed by atoms with E-state index in [-0.39, 0.29) is 0 Å². The van der Waals surface area contributed by atoms with Gasteiger partial charge in [-0.3, -0.25) is 4.99 Å². The minimum Gasteiger partial charge on any atom is -0.356 e. The van der Waals surface area contributed by atoms with Crippen LogP contribution in [0, 0.1) is 5.92 Å². The highest BCUT2D eigenvalue weighted by Gasteiger charge is 2.17. The fourth-order valence-electron chi connectivity index (χ4n) is 3.25. The molecule has 1 aliphatic heterocycles. The Bertz CT molecular complexity index is 494. The summed E-state index contributed by atoms with van der Waals surface area (Å²) in [6, 6.07) is 10.6. The molecule has 0 amide bonds. The summed E-state index contributed by atoms with van der Waals surface area (Å²) in [6.07, 6.45) is 1.01. The summed E-state index contributed by atoms with van der Waals surface area (Å²) in [6.45, 7) is 13.6. The predicted molar refractivity (Wildman–Crippen MR) is 107 cm³/mol. The SMILES string of the molecule is CCN1CCN(CC(C)CNC(=NC)NCCc2ccccc2)CC1. The van der Waals surface area contributed by atoms with Crippen LogP contribution in [0.25, 0.3) is 0 Å². The Morgan fingerprint density at radius 1 is 1.08 bits per heavy atom. The van der Waals surface area contributed by atoms with Crippen molar-refractivity contribution < 1.29 is 0 Å². The first kappa shape index (κ1) is 19.7. The van der Waals surface area contributed by atoms with Gasteiger partial charge in [0, 0.05) is 52.9 Å². The summed E-state index contributed by atoms with van der Waals surface area (Å²) in [4.78, 5) is 9.45. The third-order valence-electron chi connectivity index (χ3n) is 4.87. The van der Waals surface area contributed by atoms with Crippen LogP contribution in [0.5, 0.6) is 0 Å². The van der Waals surface area contributed by atoms with Gasteiger partial charge in [0.25, 0.3) is 0 Å². The van der Waals surface area contributed by atoms with E-state index in [0.29, 0.717) is 5.92 Å². The van der Waals surface area contributed by atoms with E-state index in [1.54, 1.807) is 0 Å². The maximum absolute atomic E-state index is 4.33. The van der Waals surface area contributed by atoms with Gasteiger partial charge in [0.15, 0.2) is 5.96 Å². The smallest absolute Gasteiger partial charge is 0.190 e. The summed E-state index contributed by atoms with van der Waals surface area (Å²) in [5.74, 6) is 1.51. The van der Waals surface area contributed by atoms with Gasteiger partial charge in [0.05, 0.1) is 0 Å². The molecule has 1 aliphatic rings. The quantitative estimate of drug-likeness (QED) is 0.556. The molecule has 2 N–H and O–H groups in total. The van der Waals surface area contributed by atoms with Crippen molar-refractivity contribution >= 4 is 5.96 Å². The number of hydrogen-bond acceptors (Lipinski definition) is 3. The maximum Gasteiger partial charge on any atom is 0.190 e. The molecule has 1 unspecified atom stereocenters. The number of nitrogens with one attached hydrogen (secondary N) is 2. The Labute approximate surface area is 153 Å². The van der Waals surface area contributed by atoms with Crippen LogP contribution in [0.1, 0.15) is 19.4 Å². The first-order chi connectivity index (χ1) is 12.2. The van der Waals surface area contributed by atoms with Gasteiger partial charge in [-0.25, -0.2) is 0 Å². The van der Waals surface area contributed by atoms with Crippen molar-refractivity contribution in [1.82, 2.24) is 20.4 Å². The van der Waals surface area contributed by atoms with E-state index in [9.17, 15) is 0 Å². The normalized spacial score (nSPS) is 18.1. The van der Waals surface area contributed by atoms with E-state index >= 15 is 0 Å². The molecule has 0 aliphatic carbocycles. The topological polar surface area (TPSA) is 42.9 Å². The van der Waals surface area contributed by atoms with Crippen molar-refractivity contribution in [2.45, 2.75) is 20.3 Å². The lowest BCUT2D eigenvalue weighted by Gasteiger charge is -2.35. The van der Waals surface area contributed by atoms with E-state index in [4.69, 9.17) is 0 Å². The van der Waals surface area contributed by atoms with Gasteiger partial charge in [0.2, 0.25) is 0 Å². The molecule has 5 heteroatoms. The lowest BCUT2D eigenvalue weighted by molar-refractivity contribution is 0.124. The molecular weight excluding hydrogens is 310 g/mol. The van der Waals surface area contributed by atoms with Gasteiger partial charge in [-0.05, 0) is 24.4 Å². The average molecular weight is 346 g/mol. The molecule has 0 radical (unpaired) electrons. The molecule has 0 saturated carbocycles. The Morgan fingerprint density at radius 3 is 2.40 bits per heavy atom. The van der Waals surface area contributed by atoms with Crippen LogP contribution >= 0.6 is 0 Å². The zero-order valence-electron chi connectivity index (χ0n) is 16.2. The number of aliphatic imine (C=N–C) groups is 1. The largest absolute Gasteiger partial charge is 0.356 e. The first-order valence-corrected chi connectivity index (χ1v) is 9.64. The molecule has 140 valence electrons. The van der Waals surface area contributed by atoms with E-state index < -0.39 is 0 Å². The number of piperazine rings is 1. The summed E-state index contributed by atoms with van der Waals surface area (Å²) in [5, 5.41) is 6.88. The van der Waals surface area contributed by atoms with Gasteiger partial charge in [-0.1, -0.05) is 44.2 Å². The zero-order valence-corrected chi connectivity index (χ0v) is 16.2. The second-order valence-corrected chi connectivity index (χ2v) is 6.96. The monoisotopic (exact) mass is 345 g/mol. The van der Waals surface area contributed by atoms with Gasteiger partial charge >= 0.3 is 0 Å². The highest BCUT2D eigenvalue weighted by atomic mass is 15.3. The number of guanidine groups is 1. The summed E-state index contributed by atoms with van der Waals surface area (Å²) in [5.41, 5.74) is 1.35. The average Bonchev–Trinajstić information content (AvgIpc) is 2.66. The number of hydrogen-bond donors (Lipinski definition) is 2. The van der Waals surface area contributed by atoms with Crippen LogP contribution in [-0.2, 0) is 6.42 Å². The van der Waals surface area contributed by atoms with E-state index in [1.165, 1.54) is 38.3 Å². The molecule has 2 rings (SSSR count). The Hall–Kier alpha value is -1.59. The summed E-state index contributed by atoms with van der Waals surface area (Å²) >= 11 is 0. The van der Waals surface area contributed by atoms with E-state index in [0.717, 1.165) is 32.0 Å². The standard InChI is InChI=1S/C20H35N5/c1-4-24-12-14-25(15-13-24)17-18(2)16-23-20(21-3)22-11-10-19-8-6-5-7-9-19/h5-9,18H,4,10-17H2,1-3H3,(H2,21,22,23). The van der Waals surface area contributed by atoms with Crippen LogP contribution in [0.15, 0.2) is 35.3 Å². The third-order valence-corrected chi connectivity index (χ3v) is 4.87. The first-order valence-electron chi connectivity index (χ1n) is 9.64. The number of nitrogens with zero attached hydrogens (tertiary/aromatic N) is 3. The van der Waals surface area contributed by atoms with E-state index in [2.05, 4.69) is 69.6 Å². The Morgan fingerprint density at radius 2 is 1.76 bits per heavy atom. The van der Waals surface area contributed by atoms with Crippen molar-refractivity contribution in [2.24, 2.45) is 10.9 Å². The summed E-state index contributed by atoms with van der Waals surface area (Å²) < 4.78 is 0. The molecule has 1 aromatic carbocycles. The fraction of sp³-hybridized carbons (Fsp3) is 0.650. The second kappa shape index (κ2) is 11.1. The van der Waals surface area contributed by atoms with Crippen molar-refractivity contribution in [3.8, 4) is 0 Å². The predicted octanol–water partition coefficient (Wildman–Crippen LogP) is 1.67. The van der Waals surface area contributed by atoms with Gasteiger partial charge in [-0.15, -0.1) is 0 Å². The van der Waals surface area contributed by atoms with Crippen LogP contribution in [0.2, 0.25) is 0 Å². The van der Waals surface area contributed by atoms with E-state index in [1.807, 2.05) is 7.05 Å². The summed E-state index contributed by atoms with van der Waals surface area (Å²) in [7, 11) is 1.84. The minimum atomic E-state index is 0.612. The molecule has 1 heterocycles. The van der Waals surface area contributed by atoms with Gasteiger partial charge in [-0.2, -0.15) is 0 Å². The molecule has 1 fully saturated rings. The number of benzene rings is 1. The van der Waals surface area contributed by atoms with Crippen molar-refractivity contribution in [1.29, 1.82) is 0 Å². The molecule has 0 aromatic heterocycles. The molecule has 25 heavy (non-hydrogen) atoms.